The van der Waals surface area contributed by atoms with Gasteiger partial charge in [-0.2, -0.15) is 0 Å². The second kappa shape index (κ2) is 6.56. The smallest absolute Gasteiger partial charge is 0.262 e. The Bertz CT molecular complexity index is 1160. The number of thioether (sulfide) groups is 1. The molecular formula is C20H17N3O3S2. The predicted molar refractivity (Wildman–Crippen MR) is 109 cm³/mol. The van der Waals surface area contributed by atoms with Crippen LogP contribution in [0.3, 0.4) is 0 Å². The van der Waals surface area contributed by atoms with Crippen LogP contribution in [0.4, 0.5) is 0 Å². The van der Waals surface area contributed by atoms with E-state index in [0.29, 0.717) is 27.6 Å². The molecule has 6 nitrogen and oxygen atoms in total. The highest BCUT2D eigenvalue weighted by Gasteiger charge is 2.35. The first kappa shape index (κ1) is 17.6. The van der Waals surface area contributed by atoms with Crippen molar-refractivity contribution < 1.29 is 9.59 Å². The molecule has 0 bridgehead atoms. The molecule has 1 atom stereocenters. The Balaban J connectivity index is 1.42. The number of amides is 2. The van der Waals surface area contributed by atoms with Crippen LogP contribution in [0.15, 0.2) is 34.2 Å². The fraction of sp³-hybridized carbons (Fsp3) is 0.300. The standard InChI is InChI=1S/C20H17N3O3S2/c1-10-6-7-13-14(8-10)28-17-15(13)16(24)21-20(22-17)27-9-23-18(25)11-4-2-3-5-12(11)19(23)26/h2-5,10H,6-9H2,1H3,(H,21,22,24)/t10-/m1/s1. The number of rotatable bonds is 3. The van der Waals surface area contributed by atoms with E-state index in [1.807, 2.05) is 0 Å². The normalized spacial score (nSPS) is 18.6. The number of aromatic nitrogens is 2. The van der Waals surface area contributed by atoms with E-state index in [1.54, 1.807) is 35.6 Å². The number of hydrogen-bond acceptors (Lipinski definition) is 6. The summed E-state index contributed by atoms with van der Waals surface area (Å²) in [5, 5.41) is 1.14. The molecule has 1 aromatic carbocycles. The number of H-pyrrole nitrogens is 1. The molecular weight excluding hydrogens is 394 g/mol. The lowest BCUT2D eigenvalue weighted by Crippen LogP contribution is -2.29. The van der Waals surface area contributed by atoms with E-state index in [1.165, 1.54) is 21.5 Å². The molecule has 1 N–H and O–H groups in total. The highest BCUT2D eigenvalue weighted by atomic mass is 32.2. The minimum Gasteiger partial charge on any atom is -0.301 e. The van der Waals surface area contributed by atoms with Crippen molar-refractivity contribution in [1.82, 2.24) is 14.9 Å². The topological polar surface area (TPSA) is 83.1 Å². The summed E-state index contributed by atoms with van der Waals surface area (Å²) in [6.07, 6.45) is 3.00. The van der Waals surface area contributed by atoms with Crippen molar-refractivity contribution in [3.05, 3.63) is 56.2 Å². The van der Waals surface area contributed by atoms with Crippen LogP contribution in [0.25, 0.3) is 10.2 Å². The molecule has 5 rings (SSSR count). The zero-order valence-electron chi connectivity index (χ0n) is 15.2. The molecule has 0 unspecified atom stereocenters. The summed E-state index contributed by atoms with van der Waals surface area (Å²) in [5.74, 6) is 0.125. The molecule has 3 aromatic rings. The zero-order chi connectivity index (χ0) is 19.4. The molecule has 0 saturated heterocycles. The van der Waals surface area contributed by atoms with Crippen molar-refractivity contribution in [3.8, 4) is 0 Å². The van der Waals surface area contributed by atoms with Gasteiger partial charge in [0.15, 0.2) is 5.16 Å². The summed E-state index contributed by atoms with van der Waals surface area (Å²) in [7, 11) is 0. The van der Waals surface area contributed by atoms with Crippen molar-refractivity contribution in [2.24, 2.45) is 5.92 Å². The quantitative estimate of drug-likeness (QED) is 0.405. The van der Waals surface area contributed by atoms with Crippen molar-refractivity contribution in [2.45, 2.75) is 31.3 Å². The van der Waals surface area contributed by atoms with Crippen molar-refractivity contribution in [3.63, 3.8) is 0 Å². The van der Waals surface area contributed by atoms with Gasteiger partial charge in [-0.3, -0.25) is 19.3 Å². The van der Waals surface area contributed by atoms with Gasteiger partial charge in [0.2, 0.25) is 0 Å². The number of carbonyl (C=O) groups is 2. The van der Waals surface area contributed by atoms with Crippen LogP contribution in [-0.2, 0) is 12.8 Å². The van der Waals surface area contributed by atoms with Crippen LogP contribution >= 0.6 is 23.1 Å². The van der Waals surface area contributed by atoms with Crippen molar-refractivity contribution >= 4 is 45.1 Å². The number of aromatic amines is 1. The summed E-state index contributed by atoms with van der Waals surface area (Å²) >= 11 is 2.78. The Hall–Kier alpha value is -2.45. The predicted octanol–water partition coefficient (Wildman–Crippen LogP) is 3.46. The number of thiophene rings is 1. The number of fused-ring (bicyclic) bond motifs is 4. The van der Waals surface area contributed by atoms with Gasteiger partial charge < -0.3 is 4.98 Å². The van der Waals surface area contributed by atoms with E-state index in [-0.39, 0.29) is 23.3 Å². The summed E-state index contributed by atoms with van der Waals surface area (Å²) in [6.45, 7) is 2.23. The van der Waals surface area contributed by atoms with E-state index in [0.717, 1.165) is 29.7 Å². The molecule has 1 aliphatic carbocycles. The first-order valence-corrected chi connectivity index (χ1v) is 11.0. The molecule has 0 spiro atoms. The van der Waals surface area contributed by atoms with Crippen LogP contribution in [0.5, 0.6) is 0 Å². The molecule has 3 heterocycles. The average Bonchev–Trinajstić information content (AvgIpc) is 3.16. The lowest BCUT2D eigenvalue weighted by atomic mass is 9.89. The Morgan fingerprint density at radius 3 is 2.64 bits per heavy atom. The third kappa shape index (κ3) is 2.70. The first-order chi connectivity index (χ1) is 13.5. The number of aryl methyl sites for hydroxylation is 1. The third-order valence-corrected chi connectivity index (χ3v) is 7.35. The second-order valence-electron chi connectivity index (χ2n) is 7.26. The summed E-state index contributed by atoms with van der Waals surface area (Å²) in [5.41, 5.74) is 1.85. The SMILES string of the molecule is C[C@@H]1CCc2c(sc3nc(SCN4C(=O)c5ccccc5C4=O)[nH]c(=O)c23)C1. The number of nitrogens with one attached hydrogen (secondary N) is 1. The first-order valence-electron chi connectivity index (χ1n) is 9.15. The number of benzene rings is 1. The Labute approximate surface area is 169 Å². The molecule has 142 valence electrons. The summed E-state index contributed by atoms with van der Waals surface area (Å²) < 4.78 is 0. The lowest BCUT2D eigenvalue weighted by molar-refractivity contribution is 0.0684. The molecule has 28 heavy (non-hydrogen) atoms. The highest BCUT2D eigenvalue weighted by molar-refractivity contribution is 7.99. The van der Waals surface area contributed by atoms with Crippen LogP contribution in [-0.4, -0.2) is 32.6 Å². The van der Waals surface area contributed by atoms with Crippen molar-refractivity contribution in [2.75, 3.05) is 5.88 Å². The largest absolute Gasteiger partial charge is 0.301 e. The third-order valence-electron chi connectivity index (χ3n) is 5.35. The highest BCUT2D eigenvalue weighted by Crippen LogP contribution is 2.36. The van der Waals surface area contributed by atoms with Crippen LogP contribution in [0.1, 0.15) is 44.5 Å². The fourth-order valence-corrected chi connectivity index (χ4v) is 6.13. The number of hydrogen-bond donors (Lipinski definition) is 1. The van der Waals surface area contributed by atoms with Gasteiger partial charge in [-0.25, -0.2) is 4.98 Å². The van der Waals surface area contributed by atoms with E-state index in [9.17, 15) is 14.4 Å². The summed E-state index contributed by atoms with van der Waals surface area (Å²) in [6, 6.07) is 6.80. The van der Waals surface area contributed by atoms with E-state index >= 15 is 0 Å². The molecule has 0 saturated carbocycles. The minimum absolute atomic E-state index is 0.114. The molecule has 0 radical (unpaired) electrons. The van der Waals surface area contributed by atoms with Crippen molar-refractivity contribution in [1.29, 1.82) is 0 Å². The molecule has 2 amide bonds. The summed E-state index contributed by atoms with van der Waals surface area (Å²) in [4.78, 5) is 48.2. The molecule has 2 aromatic heterocycles. The molecule has 0 fully saturated rings. The van der Waals surface area contributed by atoms with Gasteiger partial charge in [-0.05, 0) is 42.9 Å². The molecule has 8 heteroatoms. The maximum Gasteiger partial charge on any atom is 0.262 e. The van der Waals surface area contributed by atoms with E-state index in [4.69, 9.17) is 0 Å². The minimum atomic E-state index is -0.308. The lowest BCUT2D eigenvalue weighted by Gasteiger charge is -2.17. The van der Waals surface area contributed by atoms with Gasteiger partial charge in [-0.1, -0.05) is 30.8 Å². The number of carbonyl (C=O) groups excluding carboxylic acids is 2. The van der Waals surface area contributed by atoms with Crippen LogP contribution < -0.4 is 5.56 Å². The molecule has 2 aliphatic rings. The Morgan fingerprint density at radius 2 is 1.93 bits per heavy atom. The molecule has 1 aliphatic heterocycles. The van der Waals surface area contributed by atoms with E-state index in [2.05, 4.69) is 16.9 Å². The average molecular weight is 412 g/mol. The van der Waals surface area contributed by atoms with E-state index < -0.39 is 0 Å². The maximum atomic E-state index is 12.7. The van der Waals surface area contributed by atoms with Gasteiger partial charge in [0, 0.05) is 4.88 Å². The van der Waals surface area contributed by atoms with Crippen LogP contribution in [0, 0.1) is 5.92 Å². The Morgan fingerprint density at radius 1 is 1.21 bits per heavy atom. The van der Waals surface area contributed by atoms with Gasteiger partial charge in [-0.15, -0.1) is 11.3 Å². The van der Waals surface area contributed by atoms with Gasteiger partial charge in [0.05, 0.1) is 22.4 Å². The maximum absolute atomic E-state index is 12.7. The monoisotopic (exact) mass is 411 g/mol. The number of imide groups is 1. The van der Waals surface area contributed by atoms with Gasteiger partial charge >= 0.3 is 0 Å². The van der Waals surface area contributed by atoms with Crippen LogP contribution in [0.2, 0.25) is 0 Å². The fourth-order valence-electron chi connectivity index (χ4n) is 3.88. The Kier molecular flexibility index (Phi) is 4.13. The number of nitrogens with zero attached hydrogens (tertiary/aromatic N) is 2. The van der Waals surface area contributed by atoms with Gasteiger partial charge in [0.25, 0.3) is 17.4 Å². The zero-order valence-corrected chi connectivity index (χ0v) is 16.8. The van der Waals surface area contributed by atoms with Gasteiger partial charge in [0.1, 0.15) is 4.83 Å². The second-order valence-corrected chi connectivity index (χ2v) is 9.28.